The molecule has 0 aliphatic heterocycles. The molecule has 2 aromatic heterocycles. The Hall–Kier alpha value is -1.43. The van der Waals surface area contributed by atoms with Gasteiger partial charge in [-0.05, 0) is 28.1 Å². The first kappa shape index (κ1) is 8.18. The molecule has 13 heavy (non-hydrogen) atoms. The fourth-order valence-electron chi connectivity index (χ4n) is 0.934. The van der Waals surface area contributed by atoms with E-state index in [2.05, 4.69) is 31.0 Å². The summed E-state index contributed by atoms with van der Waals surface area (Å²) in [6.07, 6.45) is 1.32. The van der Waals surface area contributed by atoms with Crippen molar-refractivity contribution in [1.82, 2.24) is 19.7 Å². The molecule has 0 atom stereocenters. The van der Waals surface area contributed by atoms with Crippen LogP contribution in [0.15, 0.2) is 33.9 Å². The molecule has 6 heteroatoms. The topological polar surface area (TPSA) is 63.6 Å². The summed E-state index contributed by atoms with van der Waals surface area (Å²) in [5, 5.41) is 3.79. The summed E-state index contributed by atoms with van der Waals surface area (Å²) in [4.78, 5) is 17.6. The van der Waals surface area contributed by atoms with Gasteiger partial charge in [0.1, 0.15) is 10.9 Å². The third-order valence-electron chi connectivity index (χ3n) is 1.47. The minimum Gasteiger partial charge on any atom is -0.295 e. The zero-order valence-electron chi connectivity index (χ0n) is 6.44. The molecule has 0 saturated heterocycles. The number of nitrogens with one attached hydrogen (secondary N) is 1. The van der Waals surface area contributed by atoms with E-state index >= 15 is 0 Å². The summed E-state index contributed by atoms with van der Waals surface area (Å²) >= 11 is 3.21. The average molecular weight is 241 g/mol. The van der Waals surface area contributed by atoms with Crippen molar-refractivity contribution in [2.24, 2.45) is 0 Å². The Morgan fingerprint density at radius 3 is 2.92 bits per heavy atom. The number of pyridine rings is 1. The minimum atomic E-state index is -0.300. The molecule has 2 heterocycles. The van der Waals surface area contributed by atoms with Gasteiger partial charge < -0.3 is 0 Å². The Morgan fingerprint density at radius 2 is 2.31 bits per heavy atom. The molecule has 5 nitrogen and oxygen atoms in total. The van der Waals surface area contributed by atoms with Crippen LogP contribution >= 0.6 is 15.9 Å². The molecule has 0 unspecified atom stereocenters. The van der Waals surface area contributed by atoms with E-state index in [0.29, 0.717) is 10.4 Å². The Bertz CT molecular complexity index is 475. The predicted octanol–water partition coefficient (Wildman–Crippen LogP) is 0.718. The van der Waals surface area contributed by atoms with Gasteiger partial charge in [-0.2, -0.15) is 9.78 Å². The van der Waals surface area contributed by atoms with E-state index in [1.54, 1.807) is 18.2 Å². The van der Waals surface area contributed by atoms with Crippen LogP contribution < -0.4 is 5.69 Å². The van der Waals surface area contributed by atoms with Gasteiger partial charge in [-0.3, -0.25) is 4.98 Å². The highest BCUT2D eigenvalue weighted by molar-refractivity contribution is 9.10. The molecule has 0 radical (unpaired) electrons. The van der Waals surface area contributed by atoms with Crippen LogP contribution in [0, 0.1) is 0 Å². The number of hydrogen-bond donors (Lipinski definition) is 1. The van der Waals surface area contributed by atoms with Crippen LogP contribution in [0.2, 0.25) is 0 Å². The molecule has 0 spiro atoms. The first-order valence-corrected chi connectivity index (χ1v) is 4.32. The van der Waals surface area contributed by atoms with Crippen LogP contribution in [0.4, 0.5) is 0 Å². The molecular weight excluding hydrogens is 236 g/mol. The minimum absolute atomic E-state index is 0.300. The fourth-order valence-corrected chi connectivity index (χ4v) is 1.27. The van der Waals surface area contributed by atoms with Crippen LogP contribution in [-0.4, -0.2) is 19.7 Å². The maximum Gasteiger partial charge on any atom is 0.349 e. The number of hydrogen-bond acceptors (Lipinski definition) is 3. The Kier molecular flexibility index (Phi) is 1.97. The Balaban J connectivity index is 2.59. The number of nitrogens with zero attached hydrogens (tertiary/aromatic N) is 3. The monoisotopic (exact) mass is 240 g/mol. The smallest absolute Gasteiger partial charge is 0.295 e. The Labute approximate surface area is 81.6 Å². The lowest BCUT2D eigenvalue weighted by atomic mass is 10.5. The van der Waals surface area contributed by atoms with Crippen molar-refractivity contribution in [1.29, 1.82) is 0 Å². The largest absolute Gasteiger partial charge is 0.349 e. The lowest BCUT2D eigenvalue weighted by Crippen LogP contribution is -2.17. The second-order valence-electron chi connectivity index (χ2n) is 2.32. The van der Waals surface area contributed by atoms with Crippen molar-refractivity contribution in [2.45, 2.75) is 0 Å². The van der Waals surface area contributed by atoms with Crippen molar-refractivity contribution in [3.05, 3.63) is 39.6 Å². The van der Waals surface area contributed by atoms with Crippen molar-refractivity contribution in [2.75, 3.05) is 0 Å². The quantitative estimate of drug-likeness (QED) is 0.748. The second-order valence-corrected chi connectivity index (χ2v) is 3.14. The first-order chi connectivity index (χ1) is 6.27. The summed E-state index contributed by atoms with van der Waals surface area (Å²) in [5.41, 5.74) is -0.300. The van der Waals surface area contributed by atoms with E-state index in [9.17, 15) is 4.79 Å². The van der Waals surface area contributed by atoms with Crippen molar-refractivity contribution in [3.8, 4) is 5.82 Å². The zero-order valence-corrected chi connectivity index (χ0v) is 8.02. The highest BCUT2D eigenvalue weighted by Gasteiger charge is 2.01. The predicted molar refractivity (Wildman–Crippen MR) is 49.7 cm³/mol. The molecule has 2 aromatic rings. The molecule has 0 amide bonds. The second kappa shape index (κ2) is 3.14. The normalized spacial score (nSPS) is 10.2. The van der Waals surface area contributed by atoms with Crippen molar-refractivity contribution >= 4 is 15.9 Å². The van der Waals surface area contributed by atoms with E-state index in [4.69, 9.17) is 0 Å². The van der Waals surface area contributed by atoms with Crippen LogP contribution in [-0.2, 0) is 0 Å². The number of H-pyrrole nitrogens is 1. The van der Waals surface area contributed by atoms with E-state index < -0.39 is 0 Å². The van der Waals surface area contributed by atoms with E-state index in [-0.39, 0.29) is 5.69 Å². The number of halogens is 1. The summed E-state index contributed by atoms with van der Waals surface area (Å²) in [5.74, 6) is 0.487. The van der Waals surface area contributed by atoms with Gasteiger partial charge in [0.25, 0.3) is 0 Å². The van der Waals surface area contributed by atoms with Gasteiger partial charge in [-0.15, -0.1) is 0 Å². The number of aromatic nitrogens is 4. The molecule has 0 aliphatic rings. The third-order valence-corrected chi connectivity index (χ3v) is 1.91. The molecule has 66 valence electrons. The molecule has 0 fully saturated rings. The third kappa shape index (κ3) is 1.52. The van der Waals surface area contributed by atoms with Crippen LogP contribution in [0.25, 0.3) is 5.82 Å². The van der Waals surface area contributed by atoms with E-state index in [1.165, 1.54) is 11.0 Å². The zero-order chi connectivity index (χ0) is 9.26. The molecule has 2 rings (SSSR count). The standard InChI is InChI=1S/C7H5BrN4O/c8-5-2-1-3-6(11-5)12-7(13)9-4-10-12/h1-4H,(H,9,10,13). The Morgan fingerprint density at radius 1 is 1.46 bits per heavy atom. The molecule has 0 aliphatic carbocycles. The lowest BCUT2D eigenvalue weighted by Gasteiger charge is -1.97. The SMILES string of the molecule is O=c1[nH]cnn1-c1cccc(Br)n1. The van der Waals surface area contributed by atoms with Crippen molar-refractivity contribution in [3.63, 3.8) is 0 Å². The average Bonchev–Trinajstić information content (AvgIpc) is 2.51. The highest BCUT2D eigenvalue weighted by atomic mass is 79.9. The van der Waals surface area contributed by atoms with E-state index in [1.807, 2.05) is 0 Å². The van der Waals surface area contributed by atoms with Gasteiger partial charge in [0.15, 0.2) is 5.82 Å². The van der Waals surface area contributed by atoms with Gasteiger partial charge in [-0.1, -0.05) is 6.07 Å². The highest BCUT2D eigenvalue weighted by Crippen LogP contribution is 2.07. The lowest BCUT2D eigenvalue weighted by molar-refractivity contribution is 0.810. The summed E-state index contributed by atoms with van der Waals surface area (Å²) in [7, 11) is 0. The fraction of sp³-hybridized carbons (Fsp3) is 0. The maximum atomic E-state index is 11.1. The van der Waals surface area contributed by atoms with Crippen LogP contribution in [0.3, 0.4) is 0 Å². The molecule has 0 aromatic carbocycles. The van der Waals surface area contributed by atoms with Gasteiger partial charge >= 0.3 is 5.69 Å². The summed E-state index contributed by atoms with van der Waals surface area (Å²) < 4.78 is 1.85. The van der Waals surface area contributed by atoms with Crippen LogP contribution in [0.1, 0.15) is 0 Å². The van der Waals surface area contributed by atoms with Gasteiger partial charge in [-0.25, -0.2) is 9.78 Å². The number of rotatable bonds is 1. The van der Waals surface area contributed by atoms with Crippen molar-refractivity contribution < 1.29 is 0 Å². The molecule has 0 bridgehead atoms. The van der Waals surface area contributed by atoms with Gasteiger partial charge in [0, 0.05) is 0 Å². The summed E-state index contributed by atoms with van der Waals surface area (Å²) in [6, 6.07) is 5.27. The molecule has 0 saturated carbocycles. The van der Waals surface area contributed by atoms with E-state index in [0.717, 1.165) is 0 Å². The van der Waals surface area contributed by atoms with Gasteiger partial charge in [0.05, 0.1) is 0 Å². The van der Waals surface area contributed by atoms with Gasteiger partial charge in [0.2, 0.25) is 0 Å². The first-order valence-electron chi connectivity index (χ1n) is 3.53. The molecular formula is C7H5BrN4O. The number of aromatic amines is 1. The molecule has 1 N–H and O–H groups in total. The maximum absolute atomic E-state index is 11.1. The summed E-state index contributed by atoms with van der Waals surface area (Å²) in [6.45, 7) is 0. The van der Waals surface area contributed by atoms with Crippen LogP contribution in [0.5, 0.6) is 0 Å².